The lowest BCUT2D eigenvalue weighted by molar-refractivity contribution is -0.145. The SMILES string of the molecule is CC(NC(=O)OCc1ccccc1)C(=O)C1CC(OCC(=O)O)CCN1. The van der Waals surface area contributed by atoms with Gasteiger partial charge in [0.2, 0.25) is 0 Å². The minimum Gasteiger partial charge on any atom is -0.480 e. The number of alkyl carbamates (subject to hydrolysis) is 1. The van der Waals surface area contributed by atoms with Crippen molar-refractivity contribution < 1.29 is 29.0 Å². The average Bonchev–Trinajstić information content (AvgIpc) is 2.65. The van der Waals surface area contributed by atoms with E-state index in [0.29, 0.717) is 19.4 Å². The highest BCUT2D eigenvalue weighted by atomic mass is 16.5. The molecule has 3 N–H and O–H groups in total. The molecular formula is C18H24N2O6. The van der Waals surface area contributed by atoms with E-state index in [0.717, 1.165) is 5.56 Å². The van der Waals surface area contributed by atoms with E-state index in [1.54, 1.807) is 6.92 Å². The number of carboxylic acid groups (broad SMARTS) is 1. The molecule has 0 radical (unpaired) electrons. The fraction of sp³-hybridized carbons (Fsp3) is 0.500. The van der Waals surface area contributed by atoms with E-state index in [9.17, 15) is 14.4 Å². The molecule has 0 saturated carbocycles. The van der Waals surface area contributed by atoms with E-state index in [-0.39, 0.29) is 25.1 Å². The Labute approximate surface area is 151 Å². The molecule has 1 aliphatic rings. The number of aliphatic carboxylic acids is 1. The van der Waals surface area contributed by atoms with Crippen LogP contribution in [0.25, 0.3) is 0 Å². The zero-order valence-corrected chi connectivity index (χ0v) is 14.6. The summed E-state index contributed by atoms with van der Waals surface area (Å²) in [6.45, 7) is 1.88. The lowest BCUT2D eigenvalue weighted by atomic mass is 9.95. The molecule has 0 bridgehead atoms. The number of hydrogen-bond acceptors (Lipinski definition) is 6. The molecule has 1 heterocycles. The van der Waals surface area contributed by atoms with Gasteiger partial charge in [-0.2, -0.15) is 0 Å². The van der Waals surface area contributed by atoms with Gasteiger partial charge in [0.15, 0.2) is 5.78 Å². The number of rotatable bonds is 8. The molecule has 3 unspecified atom stereocenters. The van der Waals surface area contributed by atoms with Crippen molar-refractivity contribution in [2.75, 3.05) is 13.2 Å². The van der Waals surface area contributed by atoms with Crippen molar-refractivity contribution in [2.45, 2.75) is 44.6 Å². The van der Waals surface area contributed by atoms with Crippen molar-refractivity contribution in [3.05, 3.63) is 35.9 Å². The molecule has 0 aromatic heterocycles. The second kappa shape index (κ2) is 9.88. The van der Waals surface area contributed by atoms with E-state index < -0.39 is 24.1 Å². The van der Waals surface area contributed by atoms with Crippen molar-refractivity contribution in [2.24, 2.45) is 0 Å². The van der Waals surface area contributed by atoms with Crippen molar-refractivity contribution in [1.29, 1.82) is 0 Å². The molecule has 2 rings (SSSR count). The Bertz CT molecular complexity index is 621. The first-order valence-corrected chi connectivity index (χ1v) is 8.53. The number of nitrogens with one attached hydrogen (secondary N) is 2. The minimum absolute atomic E-state index is 0.125. The summed E-state index contributed by atoms with van der Waals surface area (Å²) >= 11 is 0. The monoisotopic (exact) mass is 364 g/mol. The Morgan fingerprint density at radius 2 is 2.04 bits per heavy atom. The molecule has 0 aliphatic carbocycles. The molecule has 1 saturated heterocycles. The molecule has 8 heteroatoms. The maximum atomic E-state index is 12.5. The summed E-state index contributed by atoms with van der Waals surface area (Å²) in [5, 5.41) is 14.3. The largest absolute Gasteiger partial charge is 0.480 e. The Morgan fingerprint density at radius 1 is 1.31 bits per heavy atom. The number of amides is 1. The number of hydrogen-bond donors (Lipinski definition) is 3. The van der Waals surface area contributed by atoms with Crippen LogP contribution in [0.1, 0.15) is 25.3 Å². The number of ether oxygens (including phenoxy) is 2. The smallest absolute Gasteiger partial charge is 0.408 e. The fourth-order valence-corrected chi connectivity index (χ4v) is 2.75. The summed E-state index contributed by atoms with van der Waals surface area (Å²) in [6.07, 6.45) is 0.0533. The van der Waals surface area contributed by atoms with Gasteiger partial charge < -0.3 is 25.2 Å². The van der Waals surface area contributed by atoms with Crippen LogP contribution in [0.15, 0.2) is 30.3 Å². The van der Waals surface area contributed by atoms with Crippen LogP contribution in [0, 0.1) is 0 Å². The molecule has 1 aromatic carbocycles. The summed E-state index contributed by atoms with van der Waals surface area (Å²) in [7, 11) is 0. The van der Waals surface area contributed by atoms with Crippen molar-refractivity contribution in [1.82, 2.24) is 10.6 Å². The van der Waals surface area contributed by atoms with Gasteiger partial charge in [-0.1, -0.05) is 30.3 Å². The topological polar surface area (TPSA) is 114 Å². The normalized spacial score (nSPS) is 20.8. The molecule has 1 aromatic rings. The first kappa shape index (κ1) is 19.9. The molecule has 142 valence electrons. The van der Waals surface area contributed by atoms with Crippen LogP contribution in [-0.4, -0.2) is 54.3 Å². The van der Waals surface area contributed by atoms with E-state index >= 15 is 0 Å². The quantitative estimate of drug-likeness (QED) is 0.633. The van der Waals surface area contributed by atoms with Crippen LogP contribution in [0.4, 0.5) is 4.79 Å². The third-order valence-corrected chi connectivity index (χ3v) is 4.12. The maximum absolute atomic E-state index is 12.5. The minimum atomic E-state index is -1.04. The van der Waals surface area contributed by atoms with Crippen LogP contribution in [0.5, 0.6) is 0 Å². The highest BCUT2D eigenvalue weighted by molar-refractivity contribution is 5.91. The molecule has 8 nitrogen and oxygen atoms in total. The predicted octanol–water partition coefficient (Wildman–Crippen LogP) is 1.09. The van der Waals surface area contributed by atoms with Crippen molar-refractivity contribution in [3.8, 4) is 0 Å². The molecule has 0 spiro atoms. The van der Waals surface area contributed by atoms with Crippen LogP contribution in [-0.2, 0) is 25.7 Å². The lowest BCUT2D eigenvalue weighted by Crippen LogP contribution is -2.52. The Balaban J connectivity index is 1.76. The van der Waals surface area contributed by atoms with Gasteiger partial charge in [-0.15, -0.1) is 0 Å². The zero-order valence-electron chi connectivity index (χ0n) is 14.6. The second-order valence-electron chi connectivity index (χ2n) is 6.19. The number of carboxylic acids is 1. The van der Waals surface area contributed by atoms with E-state index in [2.05, 4.69) is 10.6 Å². The van der Waals surface area contributed by atoms with Gasteiger partial charge in [0.1, 0.15) is 13.2 Å². The molecule has 1 fully saturated rings. The summed E-state index contributed by atoms with van der Waals surface area (Å²) in [4.78, 5) is 34.9. The number of carbonyl (C=O) groups excluding carboxylic acids is 2. The molecular weight excluding hydrogens is 340 g/mol. The van der Waals surface area contributed by atoms with Gasteiger partial charge in [-0.3, -0.25) is 4.79 Å². The van der Waals surface area contributed by atoms with Gasteiger partial charge in [-0.25, -0.2) is 9.59 Å². The molecule has 1 aliphatic heterocycles. The summed E-state index contributed by atoms with van der Waals surface area (Å²) < 4.78 is 10.4. The Morgan fingerprint density at radius 3 is 2.73 bits per heavy atom. The number of piperidine rings is 1. The van der Waals surface area contributed by atoms with Gasteiger partial charge in [0.05, 0.1) is 18.2 Å². The lowest BCUT2D eigenvalue weighted by Gasteiger charge is -2.30. The standard InChI is InChI=1S/C18H24N2O6/c1-12(20-18(24)26-10-13-5-3-2-4-6-13)17(23)15-9-14(7-8-19-15)25-11-16(21)22/h2-6,12,14-15,19H,7-11H2,1H3,(H,20,24)(H,21,22). The third-order valence-electron chi connectivity index (χ3n) is 4.12. The number of carbonyl (C=O) groups is 3. The van der Waals surface area contributed by atoms with E-state index in [1.807, 2.05) is 30.3 Å². The van der Waals surface area contributed by atoms with Crippen molar-refractivity contribution >= 4 is 17.8 Å². The van der Waals surface area contributed by atoms with Crippen molar-refractivity contribution in [3.63, 3.8) is 0 Å². The third kappa shape index (κ3) is 6.45. The Hall–Kier alpha value is -2.45. The number of Topliss-reactive ketones (excluding diaryl/α,β-unsaturated/α-hetero) is 1. The highest BCUT2D eigenvalue weighted by Gasteiger charge is 2.31. The summed E-state index contributed by atoms with van der Waals surface area (Å²) in [5.74, 6) is -1.23. The first-order chi connectivity index (χ1) is 12.5. The van der Waals surface area contributed by atoms with Gasteiger partial charge >= 0.3 is 12.1 Å². The number of ketones is 1. The van der Waals surface area contributed by atoms with E-state index in [4.69, 9.17) is 14.6 Å². The van der Waals surface area contributed by atoms with Crippen LogP contribution in [0.2, 0.25) is 0 Å². The molecule has 3 atom stereocenters. The first-order valence-electron chi connectivity index (χ1n) is 8.53. The Kier molecular flexibility index (Phi) is 7.55. The summed E-state index contributed by atoms with van der Waals surface area (Å²) in [5.41, 5.74) is 0.856. The molecule has 1 amide bonds. The number of benzene rings is 1. The van der Waals surface area contributed by atoms with Crippen LogP contribution < -0.4 is 10.6 Å². The van der Waals surface area contributed by atoms with Gasteiger partial charge in [0, 0.05) is 0 Å². The predicted molar refractivity (Wildman–Crippen MR) is 92.6 cm³/mol. The maximum Gasteiger partial charge on any atom is 0.408 e. The zero-order chi connectivity index (χ0) is 18.9. The van der Waals surface area contributed by atoms with E-state index in [1.165, 1.54) is 0 Å². The molecule has 26 heavy (non-hydrogen) atoms. The highest BCUT2D eigenvalue weighted by Crippen LogP contribution is 2.14. The summed E-state index contributed by atoms with van der Waals surface area (Å²) in [6, 6.07) is 8.02. The fourth-order valence-electron chi connectivity index (χ4n) is 2.75. The average molecular weight is 364 g/mol. The van der Waals surface area contributed by atoms with Gasteiger partial charge in [-0.05, 0) is 31.9 Å². The van der Waals surface area contributed by atoms with Crippen LogP contribution in [0.3, 0.4) is 0 Å². The van der Waals surface area contributed by atoms with Crippen LogP contribution >= 0.6 is 0 Å². The van der Waals surface area contributed by atoms with Gasteiger partial charge in [0.25, 0.3) is 0 Å². The second-order valence-corrected chi connectivity index (χ2v) is 6.19.